The Kier molecular flexibility index (Phi) is 5.19. The van der Waals surface area contributed by atoms with Crippen molar-refractivity contribution in [3.63, 3.8) is 0 Å². The highest BCUT2D eigenvalue weighted by Gasteiger charge is 2.18. The van der Waals surface area contributed by atoms with E-state index >= 15 is 0 Å². The van der Waals surface area contributed by atoms with Gasteiger partial charge in [0.05, 0.1) is 0 Å². The van der Waals surface area contributed by atoms with E-state index in [-0.39, 0.29) is 0 Å². The Labute approximate surface area is 155 Å². The molecule has 1 aliphatic rings. The van der Waals surface area contributed by atoms with E-state index in [1.165, 1.54) is 30.2 Å². The second-order valence-electron chi connectivity index (χ2n) is 7.23. The van der Waals surface area contributed by atoms with Gasteiger partial charge in [-0.05, 0) is 48.4 Å². The highest BCUT2D eigenvalue weighted by Crippen LogP contribution is 2.29. The number of benzene rings is 3. The van der Waals surface area contributed by atoms with Gasteiger partial charge in [-0.15, -0.1) is 0 Å². The molecular formula is C23H26N2O. The number of fused-ring (bicyclic) bond motifs is 1. The minimum Gasteiger partial charge on any atom is -0.457 e. The van der Waals surface area contributed by atoms with Gasteiger partial charge in [0.1, 0.15) is 11.5 Å². The molecular weight excluding hydrogens is 320 g/mol. The predicted molar refractivity (Wildman–Crippen MR) is 108 cm³/mol. The largest absolute Gasteiger partial charge is 0.457 e. The van der Waals surface area contributed by atoms with Crippen molar-refractivity contribution < 1.29 is 4.74 Å². The second kappa shape index (κ2) is 7.90. The summed E-state index contributed by atoms with van der Waals surface area (Å²) in [7, 11) is 0. The van der Waals surface area contributed by atoms with Crippen molar-refractivity contribution in [1.82, 2.24) is 5.32 Å². The summed E-state index contributed by atoms with van der Waals surface area (Å²) in [5, 5.41) is 5.97. The highest BCUT2D eigenvalue weighted by molar-refractivity contribution is 5.88. The Morgan fingerprint density at radius 1 is 0.923 bits per heavy atom. The molecule has 3 nitrogen and oxygen atoms in total. The Morgan fingerprint density at radius 3 is 2.58 bits per heavy atom. The molecule has 0 spiro atoms. The smallest absolute Gasteiger partial charge is 0.135 e. The third kappa shape index (κ3) is 4.06. The number of rotatable bonds is 5. The second-order valence-corrected chi connectivity index (χ2v) is 7.23. The van der Waals surface area contributed by atoms with E-state index in [0.29, 0.717) is 12.1 Å². The molecule has 1 fully saturated rings. The zero-order chi connectivity index (χ0) is 17.8. The Hall–Kier alpha value is -2.36. The quantitative estimate of drug-likeness (QED) is 0.684. The lowest BCUT2D eigenvalue weighted by Crippen LogP contribution is -2.39. The van der Waals surface area contributed by atoms with Crippen molar-refractivity contribution in [3.8, 4) is 11.5 Å². The van der Waals surface area contributed by atoms with Crippen LogP contribution in [-0.4, -0.2) is 12.1 Å². The lowest BCUT2D eigenvalue weighted by atomic mass is 9.91. The molecule has 2 unspecified atom stereocenters. The molecule has 0 radical (unpaired) electrons. The molecule has 1 saturated carbocycles. The Bertz CT molecular complexity index is 854. The van der Waals surface area contributed by atoms with E-state index < -0.39 is 0 Å². The molecule has 0 heterocycles. The van der Waals surface area contributed by atoms with Gasteiger partial charge < -0.3 is 15.8 Å². The number of ether oxygens (including phenoxy) is 1. The van der Waals surface area contributed by atoms with Crippen molar-refractivity contribution >= 4 is 10.8 Å². The molecule has 1 aliphatic carbocycles. The predicted octanol–water partition coefficient (Wildman–Crippen LogP) is 4.99. The van der Waals surface area contributed by atoms with Crippen LogP contribution in [-0.2, 0) is 6.54 Å². The molecule has 3 N–H and O–H groups in total. The number of nitrogens with two attached hydrogens (primary N) is 1. The summed E-state index contributed by atoms with van der Waals surface area (Å²) < 4.78 is 6.12. The average molecular weight is 346 g/mol. The lowest BCUT2D eigenvalue weighted by molar-refractivity contribution is 0.338. The van der Waals surface area contributed by atoms with Gasteiger partial charge in [0.25, 0.3) is 0 Å². The highest BCUT2D eigenvalue weighted by atomic mass is 16.5. The maximum absolute atomic E-state index is 6.12. The Morgan fingerprint density at radius 2 is 1.73 bits per heavy atom. The average Bonchev–Trinajstić information content (AvgIpc) is 2.68. The normalized spacial score (nSPS) is 20.2. The SMILES string of the molecule is NC1CCCC(NCc2ccc(Oc3cccc4ccccc34)cc2)C1. The fourth-order valence-electron chi connectivity index (χ4n) is 3.76. The van der Waals surface area contributed by atoms with Crippen LogP contribution in [0, 0.1) is 0 Å². The summed E-state index contributed by atoms with van der Waals surface area (Å²) in [6, 6.07) is 23.7. The van der Waals surface area contributed by atoms with Crippen molar-refractivity contribution in [2.24, 2.45) is 5.73 Å². The minimum absolute atomic E-state index is 0.359. The van der Waals surface area contributed by atoms with Crippen LogP contribution in [0.2, 0.25) is 0 Å². The van der Waals surface area contributed by atoms with Gasteiger partial charge in [0.2, 0.25) is 0 Å². The molecule has 0 bridgehead atoms. The molecule has 2 atom stereocenters. The molecule has 0 aromatic heterocycles. The number of hydrogen-bond donors (Lipinski definition) is 2. The fourth-order valence-corrected chi connectivity index (χ4v) is 3.76. The standard InChI is InChI=1S/C23H26N2O/c24-19-7-4-8-20(15-19)25-16-17-11-13-21(14-12-17)26-23-10-3-6-18-5-1-2-9-22(18)23/h1-3,5-6,9-14,19-20,25H,4,7-8,15-16,24H2. The summed E-state index contributed by atoms with van der Waals surface area (Å²) in [6.07, 6.45) is 4.72. The van der Waals surface area contributed by atoms with E-state index in [4.69, 9.17) is 10.5 Å². The van der Waals surface area contributed by atoms with Crippen LogP contribution in [0.4, 0.5) is 0 Å². The monoisotopic (exact) mass is 346 g/mol. The first-order valence-electron chi connectivity index (χ1n) is 9.51. The van der Waals surface area contributed by atoms with Crippen molar-refractivity contribution in [2.45, 2.75) is 44.3 Å². The summed E-state index contributed by atoms with van der Waals surface area (Å²) >= 11 is 0. The van der Waals surface area contributed by atoms with Crippen molar-refractivity contribution in [2.75, 3.05) is 0 Å². The van der Waals surface area contributed by atoms with Gasteiger partial charge in [-0.2, -0.15) is 0 Å². The van der Waals surface area contributed by atoms with E-state index in [1.54, 1.807) is 0 Å². The Balaban J connectivity index is 1.39. The molecule has 3 heteroatoms. The van der Waals surface area contributed by atoms with Gasteiger partial charge in [0, 0.05) is 24.0 Å². The minimum atomic E-state index is 0.359. The van der Waals surface area contributed by atoms with Crippen LogP contribution in [0.15, 0.2) is 66.7 Å². The third-order valence-electron chi connectivity index (χ3n) is 5.21. The van der Waals surface area contributed by atoms with Crippen LogP contribution in [0.5, 0.6) is 11.5 Å². The first-order valence-corrected chi connectivity index (χ1v) is 9.51. The first kappa shape index (κ1) is 17.1. The topological polar surface area (TPSA) is 47.3 Å². The molecule has 3 aromatic carbocycles. The van der Waals surface area contributed by atoms with E-state index in [1.807, 2.05) is 36.4 Å². The van der Waals surface area contributed by atoms with Gasteiger partial charge in [-0.1, -0.05) is 55.0 Å². The summed E-state index contributed by atoms with van der Waals surface area (Å²) in [6.45, 7) is 0.881. The van der Waals surface area contributed by atoms with Crippen LogP contribution >= 0.6 is 0 Å². The van der Waals surface area contributed by atoms with Gasteiger partial charge >= 0.3 is 0 Å². The maximum Gasteiger partial charge on any atom is 0.135 e. The summed E-state index contributed by atoms with van der Waals surface area (Å²) in [5.74, 6) is 1.76. The summed E-state index contributed by atoms with van der Waals surface area (Å²) in [5.41, 5.74) is 7.34. The van der Waals surface area contributed by atoms with Crippen molar-refractivity contribution in [3.05, 3.63) is 72.3 Å². The zero-order valence-electron chi connectivity index (χ0n) is 15.0. The van der Waals surface area contributed by atoms with Crippen LogP contribution in [0.3, 0.4) is 0 Å². The van der Waals surface area contributed by atoms with E-state index in [0.717, 1.165) is 29.9 Å². The zero-order valence-corrected chi connectivity index (χ0v) is 15.0. The molecule has 0 saturated heterocycles. The van der Waals surface area contributed by atoms with Crippen LogP contribution in [0.25, 0.3) is 10.8 Å². The van der Waals surface area contributed by atoms with Gasteiger partial charge in [-0.25, -0.2) is 0 Å². The molecule has 134 valence electrons. The molecule has 3 aromatic rings. The fraction of sp³-hybridized carbons (Fsp3) is 0.304. The summed E-state index contributed by atoms with van der Waals surface area (Å²) in [4.78, 5) is 0. The van der Waals surface area contributed by atoms with E-state index in [2.05, 4.69) is 35.6 Å². The van der Waals surface area contributed by atoms with Crippen molar-refractivity contribution in [1.29, 1.82) is 0 Å². The first-order chi connectivity index (χ1) is 12.8. The van der Waals surface area contributed by atoms with Crippen LogP contribution < -0.4 is 15.8 Å². The van der Waals surface area contributed by atoms with Gasteiger partial charge in [0.15, 0.2) is 0 Å². The van der Waals surface area contributed by atoms with Crippen LogP contribution in [0.1, 0.15) is 31.2 Å². The molecule has 0 aliphatic heterocycles. The maximum atomic E-state index is 6.12. The van der Waals surface area contributed by atoms with Gasteiger partial charge in [-0.3, -0.25) is 0 Å². The third-order valence-corrected chi connectivity index (χ3v) is 5.21. The molecule has 0 amide bonds. The number of hydrogen-bond acceptors (Lipinski definition) is 3. The molecule has 4 rings (SSSR count). The molecule has 26 heavy (non-hydrogen) atoms. The number of nitrogens with one attached hydrogen (secondary N) is 1. The lowest BCUT2D eigenvalue weighted by Gasteiger charge is -2.27. The van der Waals surface area contributed by atoms with E-state index in [9.17, 15) is 0 Å².